The second-order valence-corrected chi connectivity index (χ2v) is 6.38. The van der Waals surface area contributed by atoms with Crippen molar-refractivity contribution in [2.45, 2.75) is 13.1 Å². The smallest absolute Gasteiger partial charge is 0.418 e. The molecule has 0 aliphatic carbocycles. The van der Waals surface area contributed by atoms with Gasteiger partial charge in [-0.1, -0.05) is 24.3 Å². The van der Waals surface area contributed by atoms with Crippen LogP contribution < -0.4 is 10.7 Å². The summed E-state index contributed by atoms with van der Waals surface area (Å²) >= 11 is 0. The number of amides is 2. The number of fused-ring (bicyclic) bond motifs is 1. The van der Waals surface area contributed by atoms with Crippen LogP contribution in [0.25, 0.3) is 11.0 Å². The first-order valence-corrected chi connectivity index (χ1v) is 8.99. The molecule has 1 heterocycles. The summed E-state index contributed by atoms with van der Waals surface area (Å²) in [6, 6.07) is 12.0. The maximum absolute atomic E-state index is 13.1. The van der Waals surface area contributed by atoms with Gasteiger partial charge in [0.1, 0.15) is 12.1 Å². The SMILES string of the molecule is CCN(CC(=O)Nc1ccccc1C(F)(F)F)C(=O)c1cc(=O)c2ccccc2o1. The van der Waals surface area contributed by atoms with Crippen molar-refractivity contribution < 1.29 is 27.2 Å². The summed E-state index contributed by atoms with van der Waals surface area (Å²) in [4.78, 5) is 38.3. The summed E-state index contributed by atoms with van der Waals surface area (Å²) in [6.45, 7) is 1.15. The van der Waals surface area contributed by atoms with Crippen LogP contribution in [0.3, 0.4) is 0 Å². The number of carbonyl (C=O) groups is 2. The lowest BCUT2D eigenvalue weighted by Gasteiger charge is -2.20. The van der Waals surface area contributed by atoms with Crippen LogP contribution >= 0.6 is 0 Å². The standard InChI is InChI=1S/C21H17F3N2O4/c1-2-26(12-19(28)25-15-9-5-4-8-14(15)21(22,23)24)20(29)18-11-16(27)13-7-3-6-10-17(13)30-18/h3-11H,2,12H2,1H3,(H,25,28). The molecule has 0 bridgehead atoms. The van der Waals surface area contributed by atoms with Crippen molar-refractivity contribution in [3.63, 3.8) is 0 Å². The van der Waals surface area contributed by atoms with E-state index in [0.29, 0.717) is 5.39 Å². The maximum Gasteiger partial charge on any atom is 0.418 e. The minimum atomic E-state index is -4.64. The van der Waals surface area contributed by atoms with Crippen molar-refractivity contribution in [2.24, 2.45) is 0 Å². The van der Waals surface area contributed by atoms with E-state index in [1.54, 1.807) is 25.1 Å². The fourth-order valence-electron chi connectivity index (χ4n) is 2.89. The molecule has 0 unspecified atom stereocenters. The second kappa shape index (κ2) is 8.40. The van der Waals surface area contributed by atoms with Crippen molar-refractivity contribution in [3.05, 3.63) is 76.1 Å². The molecule has 2 amide bonds. The summed E-state index contributed by atoms with van der Waals surface area (Å²) in [5, 5.41) is 2.49. The lowest BCUT2D eigenvalue weighted by atomic mass is 10.1. The number of rotatable bonds is 5. The molecule has 0 aliphatic rings. The molecule has 30 heavy (non-hydrogen) atoms. The van der Waals surface area contributed by atoms with Gasteiger partial charge in [-0.05, 0) is 31.2 Å². The van der Waals surface area contributed by atoms with E-state index in [-0.39, 0.29) is 17.9 Å². The third kappa shape index (κ3) is 4.51. The average Bonchev–Trinajstić information content (AvgIpc) is 2.71. The lowest BCUT2D eigenvalue weighted by molar-refractivity contribution is -0.137. The average molecular weight is 418 g/mol. The number of carbonyl (C=O) groups excluding carboxylic acids is 2. The highest BCUT2D eigenvalue weighted by atomic mass is 19.4. The number of hydrogen-bond donors (Lipinski definition) is 1. The molecule has 0 atom stereocenters. The molecule has 2 aromatic carbocycles. The molecule has 3 rings (SSSR count). The normalized spacial score (nSPS) is 11.3. The van der Waals surface area contributed by atoms with Gasteiger partial charge in [0.05, 0.1) is 16.6 Å². The van der Waals surface area contributed by atoms with Gasteiger partial charge in [0.2, 0.25) is 5.91 Å². The zero-order chi connectivity index (χ0) is 21.9. The summed E-state index contributed by atoms with van der Waals surface area (Å²) < 4.78 is 44.7. The van der Waals surface area contributed by atoms with Crippen molar-refractivity contribution in [2.75, 3.05) is 18.4 Å². The van der Waals surface area contributed by atoms with E-state index >= 15 is 0 Å². The molecule has 1 N–H and O–H groups in total. The van der Waals surface area contributed by atoms with Crippen LogP contribution in [0.15, 0.2) is 63.8 Å². The highest BCUT2D eigenvalue weighted by Crippen LogP contribution is 2.34. The number of para-hydroxylation sites is 2. The third-order valence-corrected chi connectivity index (χ3v) is 4.36. The molecule has 0 radical (unpaired) electrons. The van der Waals surface area contributed by atoms with Gasteiger partial charge < -0.3 is 14.6 Å². The largest absolute Gasteiger partial charge is 0.451 e. The lowest BCUT2D eigenvalue weighted by Crippen LogP contribution is -2.38. The summed E-state index contributed by atoms with van der Waals surface area (Å²) in [6.07, 6.45) is -4.64. The Labute approximate surface area is 168 Å². The molecular formula is C21H17F3N2O4. The Kier molecular flexibility index (Phi) is 5.91. The van der Waals surface area contributed by atoms with Gasteiger partial charge in [-0.3, -0.25) is 14.4 Å². The molecule has 0 fully saturated rings. The molecule has 6 nitrogen and oxygen atoms in total. The van der Waals surface area contributed by atoms with Crippen LogP contribution in [0, 0.1) is 0 Å². The third-order valence-electron chi connectivity index (χ3n) is 4.36. The molecule has 3 aromatic rings. The Morgan fingerprint density at radius 3 is 2.43 bits per heavy atom. The van der Waals surface area contributed by atoms with Crippen LogP contribution in [0.5, 0.6) is 0 Å². The fraction of sp³-hybridized carbons (Fsp3) is 0.190. The monoisotopic (exact) mass is 418 g/mol. The number of nitrogens with one attached hydrogen (secondary N) is 1. The van der Waals surface area contributed by atoms with Crippen LogP contribution in [-0.4, -0.2) is 29.8 Å². The van der Waals surface area contributed by atoms with Crippen LogP contribution in [-0.2, 0) is 11.0 Å². The quantitative estimate of drug-likeness (QED) is 0.681. The van der Waals surface area contributed by atoms with Gasteiger partial charge in [-0.2, -0.15) is 13.2 Å². The van der Waals surface area contributed by atoms with Crippen molar-refractivity contribution >= 4 is 28.5 Å². The number of nitrogens with zero attached hydrogens (tertiary/aromatic N) is 1. The number of hydrogen-bond acceptors (Lipinski definition) is 4. The van der Waals surface area contributed by atoms with Gasteiger partial charge in [0.25, 0.3) is 5.91 Å². The molecule has 9 heteroatoms. The first kappa shape index (κ1) is 21.1. The van der Waals surface area contributed by atoms with Crippen molar-refractivity contribution in [3.8, 4) is 0 Å². The van der Waals surface area contributed by atoms with Gasteiger partial charge in [-0.15, -0.1) is 0 Å². The van der Waals surface area contributed by atoms with Gasteiger partial charge in [0.15, 0.2) is 11.2 Å². The Morgan fingerprint density at radius 1 is 1.07 bits per heavy atom. The number of alkyl halides is 3. The molecule has 0 saturated heterocycles. The summed E-state index contributed by atoms with van der Waals surface area (Å²) in [5.74, 6) is -1.80. The van der Waals surface area contributed by atoms with E-state index in [1.807, 2.05) is 0 Å². The Morgan fingerprint density at radius 2 is 1.73 bits per heavy atom. The zero-order valence-electron chi connectivity index (χ0n) is 15.8. The van der Waals surface area contributed by atoms with E-state index < -0.39 is 41.2 Å². The Hall–Kier alpha value is -3.62. The zero-order valence-corrected chi connectivity index (χ0v) is 15.8. The molecule has 156 valence electrons. The molecule has 0 saturated carbocycles. The highest BCUT2D eigenvalue weighted by molar-refractivity contribution is 5.99. The Bertz CT molecular complexity index is 1150. The van der Waals surface area contributed by atoms with Crippen molar-refractivity contribution in [1.29, 1.82) is 0 Å². The molecular weight excluding hydrogens is 401 g/mol. The van der Waals surface area contributed by atoms with E-state index in [9.17, 15) is 27.6 Å². The van der Waals surface area contributed by atoms with Gasteiger partial charge in [-0.25, -0.2) is 0 Å². The van der Waals surface area contributed by atoms with E-state index in [4.69, 9.17) is 4.42 Å². The first-order valence-electron chi connectivity index (χ1n) is 8.99. The summed E-state index contributed by atoms with van der Waals surface area (Å²) in [7, 11) is 0. The van der Waals surface area contributed by atoms with Crippen LogP contribution in [0.2, 0.25) is 0 Å². The predicted molar refractivity (Wildman–Crippen MR) is 104 cm³/mol. The van der Waals surface area contributed by atoms with E-state index in [1.165, 1.54) is 18.2 Å². The molecule has 0 spiro atoms. The van der Waals surface area contributed by atoms with Crippen LogP contribution in [0.4, 0.5) is 18.9 Å². The summed E-state index contributed by atoms with van der Waals surface area (Å²) in [5.41, 5.74) is -1.60. The second-order valence-electron chi connectivity index (χ2n) is 6.38. The number of halogens is 3. The van der Waals surface area contributed by atoms with Gasteiger partial charge in [0, 0.05) is 12.6 Å². The van der Waals surface area contributed by atoms with E-state index in [2.05, 4.69) is 5.32 Å². The number of likely N-dealkylation sites (N-methyl/N-ethyl adjacent to an activating group) is 1. The fourth-order valence-corrected chi connectivity index (χ4v) is 2.89. The maximum atomic E-state index is 13.1. The van der Waals surface area contributed by atoms with Gasteiger partial charge >= 0.3 is 6.18 Å². The number of anilines is 1. The van der Waals surface area contributed by atoms with E-state index in [0.717, 1.165) is 23.1 Å². The first-order chi connectivity index (χ1) is 14.2. The van der Waals surface area contributed by atoms with Crippen molar-refractivity contribution in [1.82, 2.24) is 4.90 Å². The predicted octanol–water partition coefficient (Wildman–Crippen LogP) is 3.91. The highest BCUT2D eigenvalue weighted by Gasteiger charge is 2.33. The number of benzene rings is 2. The topological polar surface area (TPSA) is 79.6 Å². The minimum Gasteiger partial charge on any atom is -0.451 e. The molecule has 1 aromatic heterocycles. The Balaban J connectivity index is 1.80. The van der Waals surface area contributed by atoms with Crippen LogP contribution in [0.1, 0.15) is 23.0 Å². The molecule has 0 aliphatic heterocycles. The minimum absolute atomic E-state index is 0.0731.